The van der Waals surface area contributed by atoms with Crippen LogP contribution in [0.5, 0.6) is 0 Å². The molecule has 1 aromatic rings. The number of hydrogen-bond donors (Lipinski definition) is 0. The Morgan fingerprint density at radius 1 is 1.52 bits per heavy atom. The molecule has 2 fully saturated rings. The Kier molecular flexibility index (Phi) is 4.54. The average Bonchev–Trinajstić information content (AvgIpc) is 2.97. The van der Waals surface area contributed by atoms with Crippen LogP contribution < -0.4 is 0 Å². The second-order valence-electron chi connectivity index (χ2n) is 7.01. The van der Waals surface area contributed by atoms with Crippen molar-refractivity contribution < 1.29 is 12.8 Å². The van der Waals surface area contributed by atoms with Crippen LogP contribution in [0.25, 0.3) is 0 Å². The van der Waals surface area contributed by atoms with E-state index in [1.807, 2.05) is 6.92 Å². The van der Waals surface area contributed by atoms with E-state index in [9.17, 15) is 12.8 Å². The van der Waals surface area contributed by atoms with E-state index in [-0.39, 0.29) is 6.04 Å². The number of aryl methyl sites for hydroxylation is 1. The SMILES string of the molecule is Cc1ncsc1CN1C[C@@H](F)C[C@H]1CN(C)S(=O)(=O)C1(C)CC1. The van der Waals surface area contributed by atoms with Gasteiger partial charge in [0.05, 0.1) is 16.0 Å². The Morgan fingerprint density at radius 2 is 2.22 bits per heavy atom. The van der Waals surface area contributed by atoms with E-state index in [0.717, 1.165) is 23.4 Å². The molecule has 1 aliphatic heterocycles. The zero-order valence-corrected chi connectivity index (χ0v) is 15.5. The summed E-state index contributed by atoms with van der Waals surface area (Å²) in [5, 5.41) is 0. The van der Waals surface area contributed by atoms with Crippen molar-refractivity contribution in [1.82, 2.24) is 14.2 Å². The normalized spacial score (nSPS) is 27.7. The van der Waals surface area contributed by atoms with Gasteiger partial charge in [-0.3, -0.25) is 4.90 Å². The van der Waals surface area contributed by atoms with E-state index in [1.165, 1.54) is 4.31 Å². The van der Waals surface area contributed by atoms with Gasteiger partial charge in [0.1, 0.15) is 6.17 Å². The zero-order chi connectivity index (χ0) is 16.8. The highest BCUT2D eigenvalue weighted by Gasteiger charge is 2.52. The molecule has 3 rings (SSSR count). The van der Waals surface area contributed by atoms with Crippen LogP contribution in [-0.2, 0) is 16.6 Å². The highest BCUT2D eigenvalue weighted by Crippen LogP contribution is 2.44. The van der Waals surface area contributed by atoms with Crippen molar-refractivity contribution in [2.45, 2.75) is 56.6 Å². The molecule has 1 saturated carbocycles. The Labute approximate surface area is 141 Å². The minimum atomic E-state index is -3.29. The van der Waals surface area contributed by atoms with Crippen molar-refractivity contribution in [3.63, 3.8) is 0 Å². The van der Waals surface area contributed by atoms with E-state index in [2.05, 4.69) is 9.88 Å². The second-order valence-corrected chi connectivity index (χ2v) is 10.5. The molecule has 1 saturated heterocycles. The lowest BCUT2D eigenvalue weighted by molar-refractivity contribution is 0.215. The molecule has 0 amide bonds. The maximum absolute atomic E-state index is 13.9. The van der Waals surface area contributed by atoms with Gasteiger partial charge in [0, 0.05) is 37.6 Å². The van der Waals surface area contributed by atoms with Crippen molar-refractivity contribution in [3.05, 3.63) is 16.1 Å². The van der Waals surface area contributed by atoms with Crippen LogP contribution in [0.15, 0.2) is 5.51 Å². The highest BCUT2D eigenvalue weighted by molar-refractivity contribution is 7.90. The fraction of sp³-hybridized carbons (Fsp3) is 0.800. The number of sulfonamides is 1. The van der Waals surface area contributed by atoms with Gasteiger partial charge < -0.3 is 0 Å². The summed E-state index contributed by atoms with van der Waals surface area (Å²) in [6.45, 7) is 5.12. The fourth-order valence-electron chi connectivity index (χ4n) is 3.17. The monoisotopic (exact) mass is 361 g/mol. The number of halogens is 1. The lowest BCUT2D eigenvalue weighted by Gasteiger charge is -2.29. The summed E-state index contributed by atoms with van der Waals surface area (Å²) >= 11 is 1.57. The summed E-state index contributed by atoms with van der Waals surface area (Å²) in [5.74, 6) is 0. The molecule has 2 atom stereocenters. The van der Waals surface area contributed by atoms with Crippen molar-refractivity contribution in [3.8, 4) is 0 Å². The molecule has 0 radical (unpaired) electrons. The Bertz CT molecular complexity index is 672. The molecule has 0 spiro atoms. The van der Waals surface area contributed by atoms with Gasteiger partial charge in [-0.1, -0.05) is 0 Å². The van der Waals surface area contributed by atoms with Gasteiger partial charge in [-0.05, 0) is 33.1 Å². The van der Waals surface area contributed by atoms with Gasteiger partial charge in [0.2, 0.25) is 10.0 Å². The molecule has 1 aromatic heterocycles. The summed E-state index contributed by atoms with van der Waals surface area (Å²) in [4.78, 5) is 7.43. The van der Waals surface area contributed by atoms with Crippen LogP contribution in [-0.4, -0.2) is 59.7 Å². The Balaban J connectivity index is 1.69. The van der Waals surface area contributed by atoms with Crippen LogP contribution in [0.3, 0.4) is 0 Å². The van der Waals surface area contributed by atoms with Gasteiger partial charge in [-0.15, -0.1) is 11.3 Å². The molecule has 1 aliphatic carbocycles. The molecule has 2 aliphatic rings. The number of likely N-dealkylation sites (tertiary alicyclic amines) is 1. The van der Waals surface area contributed by atoms with Crippen LogP contribution in [0.4, 0.5) is 4.39 Å². The van der Waals surface area contributed by atoms with Crippen LogP contribution in [0.2, 0.25) is 0 Å². The zero-order valence-electron chi connectivity index (χ0n) is 13.8. The summed E-state index contributed by atoms with van der Waals surface area (Å²) in [6.07, 6.45) is 0.953. The largest absolute Gasteiger partial charge is 0.291 e. The minimum Gasteiger partial charge on any atom is -0.291 e. The van der Waals surface area contributed by atoms with Crippen LogP contribution in [0.1, 0.15) is 36.8 Å². The second kappa shape index (κ2) is 6.06. The maximum atomic E-state index is 13.9. The molecular weight excluding hydrogens is 337 g/mol. The standard InChI is InChI=1S/C15H24FN3O2S2/c1-11-14(22-10-17-11)9-19-7-12(16)6-13(19)8-18(3)23(20,21)15(2)4-5-15/h10,12-13H,4-9H2,1-3H3/t12-,13-/m0/s1. The average molecular weight is 362 g/mol. The summed E-state index contributed by atoms with van der Waals surface area (Å²) in [6, 6.07) is -0.0753. The van der Waals surface area contributed by atoms with Crippen molar-refractivity contribution in [2.24, 2.45) is 0 Å². The number of rotatable bonds is 6. The predicted molar refractivity (Wildman–Crippen MR) is 89.8 cm³/mol. The lowest BCUT2D eigenvalue weighted by Crippen LogP contribution is -2.44. The molecule has 130 valence electrons. The first-order chi connectivity index (χ1) is 10.7. The number of thiazole rings is 1. The van der Waals surface area contributed by atoms with Gasteiger partial charge >= 0.3 is 0 Å². The molecule has 0 bridgehead atoms. The van der Waals surface area contributed by atoms with Gasteiger partial charge in [0.25, 0.3) is 0 Å². The van der Waals surface area contributed by atoms with Crippen LogP contribution in [0, 0.1) is 6.92 Å². The molecule has 0 unspecified atom stereocenters. The van der Waals surface area contributed by atoms with Crippen molar-refractivity contribution in [2.75, 3.05) is 20.1 Å². The van der Waals surface area contributed by atoms with E-state index in [4.69, 9.17) is 0 Å². The quantitative estimate of drug-likeness (QED) is 0.779. The maximum Gasteiger partial charge on any atom is 0.219 e. The van der Waals surface area contributed by atoms with E-state index in [1.54, 1.807) is 30.8 Å². The fourth-order valence-corrected chi connectivity index (χ4v) is 5.71. The Hall–Kier alpha value is -0.570. The number of hydrogen-bond acceptors (Lipinski definition) is 5. The first-order valence-corrected chi connectivity index (χ1v) is 10.3. The van der Waals surface area contributed by atoms with E-state index in [0.29, 0.717) is 26.1 Å². The summed E-state index contributed by atoms with van der Waals surface area (Å²) in [5.41, 5.74) is 2.77. The van der Waals surface area contributed by atoms with Crippen LogP contribution >= 0.6 is 11.3 Å². The third kappa shape index (κ3) is 3.31. The first-order valence-electron chi connectivity index (χ1n) is 7.96. The summed E-state index contributed by atoms with van der Waals surface area (Å²) < 4.78 is 39.9. The third-order valence-electron chi connectivity index (χ3n) is 5.12. The van der Waals surface area contributed by atoms with Crippen molar-refractivity contribution in [1.29, 1.82) is 0 Å². The first kappa shape index (κ1) is 17.3. The molecular formula is C15H24FN3O2S2. The molecule has 8 heteroatoms. The molecule has 5 nitrogen and oxygen atoms in total. The molecule has 2 heterocycles. The third-order valence-corrected chi connectivity index (χ3v) is 8.67. The van der Waals surface area contributed by atoms with E-state index < -0.39 is 20.9 Å². The number of likely N-dealkylation sites (N-methyl/N-ethyl adjacent to an activating group) is 1. The van der Waals surface area contributed by atoms with Crippen molar-refractivity contribution >= 4 is 21.4 Å². The van der Waals surface area contributed by atoms with Gasteiger partial charge in [-0.25, -0.2) is 22.1 Å². The molecule has 0 N–H and O–H groups in total. The van der Waals surface area contributed by atoms with Gasteiger partial charge in [0.15, 0.2) is 0 Å². The van der Waals surface area contributed by atoms with E-state index >= 15 is 0 Å². The van der Waals surface area contributed by atoms with Gasteiger partial charge in [-0.2, -0.15) is 0 Å². The lowest BCUT2D eigenvalue weighted by atomic mass is 10.2. The topological polar surface area (TPSA) is 53.5 Å². The number of nitrogens with zero attached hydrogens (tertiary/aromatic N) is 3. The number of aromatic nitrogens is 1. The number of alkyl halides is 1. The smallest absolute Gasteiger partial charge is 0.219 e. The molecule has 0 aromatic carbocycles. The summed E-state index contributed by atoms with van der Waals surface area (Å²) in [7, 11) is -1.66. The predicted octanol–water partition coefficient (Wildman–Crippen LogP) is 2.18. The Morgan fingerprint density at radius 3 is 2.78 bits per heavy atom. The highest BCUT2D eigenvalue weighted by atomic mass is 32.2. The molecule has 23 heavy (non-hydrogen) atoms. The minimum absolute atomic E-state index is 0.0753.